The lowest BCUT2D eigenvalue weighted by atomic mass is 10.1. The quantitative estimate of drug-likeness (QED) is 0.828. The van der Waals surface area contributed by atoms with E-state index < -0.39 is 15.1 Å². The molecule has 0 radical (unpaired) electrons. The zero-order chi connectivity index (χ0) is 19.4. The Kier molecular flexibility index (Phi) is 5.64. The SMILES string of the molecule is CCOc1ccccc1NC(=O)N1CCC(S(=O)(=O)c2nncn2C)CC1. The predicted octanol–water partition coefficient (Wildman–Crippen LogP) is 1.68. The van der Waals surface area contributed by atoms with Gasteiger partial charge in [-0.25, -0.2) is 13.2 Å². The van der Waals surface area contributed by atoms with Crippen molar-refractivity contribution in [3.05, 3.63) is 30.6 Å². The molecule has 1 N–H and O–H groups in total. The van der Waals surface area contributed by atoms with Gasteiger partial charge in [0.25, 0.3) is 0 Å². The van der Waals surface area contributed by atoms with Gasteiger partial charge in [-0.1, -0.05) is 12.1 Å². The Bertz CT molecular complexity index is 904. The summed E-state index contributed by atoms with van der Waals surface area (Å²) in [4.78, 5) is 14.2. The van der Waals surface area contributed by atoms with Crippen LogP contribution in [0, 0.1) is 0 Å². The highest BCUT2D eigenvalue weighted by Gasteiger charge is 2.35. The van der Waals surface area contributed by atoms with E-state index >= 15 is 0 Å². The van der Waals surface area contributed by atoms with E-state index in [2.05, 4.69) is 15.5 Å². The molecular formula is C17H23N5O4S. The van der Waals surface area contributed by atoms with E-state index in [1.165, 1.54) is 10.9 Å². The van der Waals surface area contributed by atoms with Crippen molar-refractivity contribution in [2.24, 2.45) is 7.05 Å². The number of rotatable bonds is 5. The van der Waals surface area contributed by atoms with Gasteiger partial charge in [0.15, 0.2) is 0 Å². The number of piperidine rings is 1. The van der Waals surface area contributed by atoms with Crippen LogP contribution in [0.15, 0.2) is 35.7 Å². The minimum Gasteiger partial charge on any atom is -0.492 e. The van der Waals surface area contributed by atoms with E-state index in [1.54, 1.807) is 24.1 Å². The first-order valence-electron chi connectivity index (χ1n) is 8.79. The van der Waals surface area contributed by atoms with Gasteiger partial charge in [-0.3, -0.25) is 0 Å². The van der Waals surface area contributed by atoms with Crippen molar-refractivity contribution in [2.45, 2.75) is 30.2 Å². The van der Waals surface area contributed by atoms with E-state index in [9.17, 15) is 13.2 Å². The first kappa shape index (κ1) is 19.2. The number of likely N-dealkylation sites (tertiary alicyclic amines) is 1. The molecule has 1 aromatic carbocycles. The van der Waals surface area contributed by atoms with Crippen LogP contribution in [0.5, 0.6) is 5.75 Å². The van der Waals surface area contributed by atoms with Crippen LogP contribution in [0.1, 0.15) is 19.8 Å². The zero-order valence-corrected chi connectivity index (χ0v) is 16.1. The first-order chi connectivity index (χ1) is 12.9. The number of nitrogens with one attached hydrogen (secondary N) is 1. The maximum Gasteiger partial charge on any atom is 0.321 e. The van der Waals surface area contributed by atoms with Gasteiger partial charge in [0.1, 0.15) is 12.1 Å². The topological polar surface area (TPSA) is 106 Å². The summed E-state index contributed by atoms with van der Waals surface area (Å²) >= 11 is 0. The van der Waals surface area contributed by atoms with Crippen molar-refractivity contribution >= 4 is 21.6 Å². The second kappa shape index (κ2) is 7.95. The summed E-state index contributed by atoms with van der Waals surface area (Å²) in [6.07, 6.45) is 2.08. The maximum absolute atomic E-state index is 12.7. The van der Waals surface area contributed by atoms with Crippen LogP contribution in [0.3, 0.4) is 0 Å². The summed E-state index contributed by atoms with van der Waals surface area (Å²) < 4.78 is 32.3. The standard InChI is InChI=1S/C17H23N5O4S/c1-3-26-15-7-5-4-6-14(15)19-16(23)22-10-8-13(9-11-22)27(24,25)17-20-18-12-21(17)2/h4-7,12-13H,3,8-11H2,1-2H3,(H,19,23). The van der Waals surface area contributed by atoms with Crippen LogP contribution in [0.25, 0.3) is 0 Å². The number of urea groups is 1. The number of anilines is 1. The molecule has 0 bridgehead atoms. The number of hydrogen-bond acceptors (Lipinski definition) is 6. The fourth-order valence-corrected chi connectivity index (χ4v) is 4.83. The number of para-hydroxylation sites is 2. The number of benzene rings is 1. The molecule has 1 saturated heterocycles. The molecule has 27 heavy (non-hydrogen) atoms. The molecule has 3 rings (SSSR count). The molecule has 1 fully saturated rings. The van der Waals surface area contributed by atoms with Gasteiger partial charge in [-0.15, -0.1) is 10.2 Å². The van der Waals surface area contributed by atoms with E-state index in [0.29, 0.717) is 44.0 Å². The summed E-state index contributed by atoms with van der Waals surface area (Å²) in [5.74, 6) is 0.605. The lowest BCUT2D eigenvalue weighted by Gasteiger charge is -2.31. The monoisotopic (exact) mass is 393 g/mol. The molecule has 146 valence electrons. The molecule has 0 unspecified atom stereocenters. The van der Waals surface area contributed by atoms with Gasteiger partial charge < -0.3 is 19.5 Å². The molecule has 0 aliphatic carbocycles. The van der Waals surface area contributed by atoms with Gasteiger partial charge >= 0.3 is 6.03 Å². The number of nitrogens with zero attached hydrogens (tertiary/aromatic N) is 4. The molecule has 0 spiro atoms. The molecule has 0 saturated carbocycles. The predicted molar refractivity (Wildman–Crippen MR) is 99.4 cm³/mol. The van der Waals surface area contributed by atoms with Gasteiger partial charge in [0.2, 0.25) is 15.0 Å². The third-order valence-electron chi connectivity index (χ3n) is 4.52. The van der Waals surface area contributed by atoms with Crippen molar-refractivity contribution < 1.29 is 17.9 Å². The van der Waals surface area contributed by atoms with Crippen molar-refractivity contribution in [1.82, 2.24) is 19.7 Å². The number of ether oxygens (including phenoxy) is 1. The summed E-state index contributed by atoms with van der Waals surface area (Å²) in [5.41, 5.74) is 0.596. The average molecular weight is 393 g/mol. The first-order valence-corrected chi connectivity index (χ1v) is 10.3. The zero-order valence-electron chi connectivity index (χ0n) is 15.3. The van der Waals surface area contributed by atoms with Crippen LogP contribution >= 0.6 is 0 Å². The molecule has 1 aliphatic heterocycles. The summed E-state index contributed by atoms with van der Waals surface area (Å²) in [6.45, 7) is 3.08. The Morgan fingerprint density at radius 2 is 2.00 bits per heavy atom. The minimum absolute atomic E-state index is 0.0314. The maximum atomic E-state index is 12.7. The van der Waals surface area contributed by atoms with Gasteiger partial charge in [0.05, 0.1) is 17.5 Å². The molecular weight excluding hydrogens is 370 g/mol. The number of aryl methyl sites for hydroxylation is 1. The fraction of sp³-hybridized carbons (Fsp3) is 0.471. The summed E-state index contributed by atoms with van der Waals surface area (Å²) in [7, 11) is -1.96. The minimum atomic E-state index is -3.56. The highest BCUT2D eigenvalue weighted by atomic mass is 32.2. The molecule has 9 nitrogen and oxygen atoms in total. The van der Waals surface area contributed by atoms with Crippen LogP contribution in [0.4, 0.5) is 10.5 Å². The number of carbonyl (C=O) groups is 1. The normalized spacial score (nSPS) is 15.6. The van der Waals surface area contributed by atoms with Gasteiger partial charge in [-0.05, 0) is 31.9 Å². The summed E-state index contributed by atoms with van der Waals surface area (Å²) in [6, 6.07) is 6.95. The molecule has 2 heterocycles. The Morgan fingerprint density at radius 1 is 1.30 bits per heavy atom. The Labute approximate surface area is 158 Å². The van der Waals surface area contributed by atoms with Crippen molar-refractivity contribution in [1.29, 1.82) is 0 Å². The fourth-order valence-electron chi connectivity index (χ4n) is 3.09. The second-order valence-corrected chi connectivity index (χ2v) is 8.44. The van der Waals surface area contributed by atoms with Gasteiger partial charge in [-0.2, -0.15) is 0 Å². The highest BCUT2D eigenvalue weighted by molar-refractivity contribution is 7.91. The number of carbonyl (C=O) groups excluding carboxylic acids is 1. The Hall–Kier alpha value is -2.62. The van der Waals surface area contributed by atoms with Crippen molar-refractivity contribution in [3.63, 3.8) is 0 Å². The van der Waals surface area contributed by atoms with E-state index in [0.717, 1.165) is 0 Å². The second-order valence-electron chi connectivity index (χ2n) is 6.32. The number of aromatic nitrogens is 3. The molecule has 10 heteroatoms. The molecule has 2 amide bonds. The largest absolute Gasteiger partial charge is 0.492 e. The van der Waals surface area contributed by atoms with E-state index in [4.69, 9.17) is 4.74 Å². The average Bonchev–Trinajstić information content (AvgIpc) is 3.10. The van der Waals surface area contributed by atoms with Crippen molar-refractivity contribution in [2.75, 3.05) is 25.0 Å². The lowest BCUT2D eigenvalue weighted by molar-refractivity contribution is 0.200. The Balaban J connectivity index is 1.62. The third-order valence-corrected chi connectivity index (χ3v) is 6.75. The highest BCUT2D eigenvalue weighted by Crippen LogP contribution is 2.26. The van der Waals surface area contributed by atoms with Crippen molar-refractivity contribution in [3.8, 4) is 5.75 Å². The van der Waals surface area contributed by atoms with Crippen LogP contribution in [-0.4, -0.2) is 59.1 Å². The number of sulfone groups is 1. The van der Waals surface area contributed by atoms with E-state index in [-0.39, 0.29) is 11.2 Å². The Morgan fingerprint density at radius 3 is 2.63 bits per heavy atom. The van der Waals surface area contributed by atoms with Gasteiger partial charge in [0, 0.05) is 20.1 Å². The molecule has 0 atom stereocenters. The third kappa shape index (κ3) is 4.05. The summed E-state index contributed by atoms with van der Waals surface area (Å²) in [5, 5.41) is 9.60. The lowest BCUT2D eigenvalue weighted by Crippen LogP contribution is -2.44. The van der Waals surface area contributed by atoms with Crippen LogP contribution < -0.4 is 10.1 Å². The van der Waals surface area contributed by atoms with Crippen LogP contribution in [0.2, 0.25) is 0 Å². The number of amides is 2. The number of hydrogen-bond donors (Lipinski definition) is 1. The van der Waals surface area contributed by atoms with Crippen LogP contribution in [-0.2, 0) is 16.9 Å². The molecule has 1 aliphatic rings. The van der Waals surface area contributed by atoms with E-state index in [1.807, 2.05) is 19.1 Å². The molecule has 1 aromatic heterocycles. The smallest absolute Gasteiger partial charge is 0.321 e. The molecule has 2 aromatic rings.